The first-order chi connectivity index (χ1) is 11.6. The summed E-state index contributed by atoms with van der Waals surface area (Å²) in [7, 11) is 1.82. The van der Waals surface area contributed by atoms with Crippen LogP contribution >= 0.6 is 33.9 Å². The number of benzene rings is 2. The summed E-state index contributed by atoms with van der Waals surface area (Å²) in [5.74, 6) is 0.884. The Morgan fingerprint density at radius 3 is 2.71 bits per heavy atom. The van der Waals surface area contributed by atoms with Crippen LogP contribution in [-0.2, 0) is 0 Å². The molecular formula is C19H18INO2S. The van der Waals surface area contributed by atoms with Gasteiger partial charge in [0.1, 0.15) is 11.9 Å². The second-order valence-electron chi connectivity index (χ2n) is 5.56. The van der Waals surface area contributed by atoms with Crippen LogP contribution in [0, 0.1) is 0 Å². The Balaban J connectivity index is 1.84. The summed E-state index contributed by atoms with van der Waals surface area (Å²) in [5.41, 5.74) is 0. The lowest BCUT2D eigenvalue weighted by atomic mass is 10.1. The monoisotopic (exact) mass is 451 g/mol. The number of hydrogen-bond donors (Lipinski definition) is 0. The zero-order valence-corrected chi connectivity index (χ0v) is 16.3. The second kappa shape index (κ2) is 7.98. The normalized spacial score (nSPS) is 12.1. The number of amides is 1. The first-order valence-electron chi connectivity index (χ1n) is 7.73. The van der Waals surface area contributed by atoms with Gasteiger partial charge < -0.3 is 9.64 Å². The molecule has 1 heterocycles. The predicted molar refractivity (Wildman–Crippen MR) is 108 cm³/mol. The van der Waals surface area contributed by atoms with E-state index in [2.05, 4.69) is 29.6 Å². The largest absolute Gasteiger partial charge is 0.484 e. The van der Waals surface area contributed by atoms with Gasteiger partial charge in [0.25, 0.3) is 3.91 Å². The van der Waals surface area contributed by atoms with E-state index in [0.29, 0.717) is 6.54 Å². The summed E-state index contributed by atoms with van der Waals surface area (Å²) >= 11 is 3.50. The molecule has 5 heteroatoms. The minimum atomic E-state index is -0.0611. The highest BCUT2D eigenvalue weighted by molar-refractivity contribution is 14.1. The van der Waals surface area contributed by atoms with Crippen molar-refractivity contribution in [1.82, 2.24) is 4.90 Å². The van der Waals surface area contributed by atoms with Crippen molar-refractivity contribution in [3.63, 3.8) is 0 Å². The maximum absolute atomic E-state index is 11.5. The molecule has 2 aromatic carbocycles. The summed E-state index contributed by atoms with van der Waals surface area (Å²) < 4.78 is 6.42. The van der Waals surface area contributed by atoms with Crippen LogP contribution in [0.4, 0.5) is 4.79 Å². The number of fused-ring (bicyclic) bond motifs is 1. The number of thiophene rings is 1. The molecule has 0 radical (unpaired) electrons. The molecule has 0 saturated heterocycles. The lowest BCUT2D eigenvalue weighted by Gasteiger charge is -2.22. The van der Waals surface area contributed by atoms with Crippen molar-refractivity contribution in [3.8, 4) is 5.75 Å². The van der Waals surface area contributed by atoms with Gasteiger partial charge in [-0.3, -0.25) is 4.79 Å². The molecule has 0 aliphatic heterocycles. The van der Waals surface area contributed by atoms with Crippen LogP contribution in [0.1, 0.15) is 17.4 Å². The highest BCUT2D eigenvalue weighted by Crippen LogP contribution is 2.32. The van der Waals surface area contributed by atoms with Gasteiger partial charge in [-0.15, -0.1) is 11.3 Å². The molecule has 0 saturated carbocycles. The van der Waals surface area contributed by atoms with Crippen LogP contribution in [-0.4, -0.2) is 22.4 Å². The third-order valence-electron chi connectivity index (χ3n) is 3.91. The van der Waals surface area contributed by atoms with Crippen LogP contribution in [0.5, 0.6) is 5.75 Å². The highest BCUT2D eigenvalue weighted by atomic mass is 127. The zero-order chi connectivity index (χ0) is 16.9. The van der Waals surface area contributed by atoms with Gasteiger partial charge in [-0.05, 0) is 22.9 Å². The Morgan fingerprint density at radius 2 is 1.96 bits per heavy atom. The molecule has 1 aromatic heterocycles. The van der Waals surface area contributed by atoms with E-state index < -0.39 is 0 Å². The summed E-state index contributed by atoms with van der Waals surface area (Å²) in [6.45, 7) is 0.662. The summed E-state index contributed by atoms with van der Waals surface area (Å²) in [6, 6.07) is 18.5. The number of carbonyl (C=O) groups is 1. The first kappa shape index (κ1) is 17.2. The van der Waals surface area contributed by atoms with Crippen molar-refractivity contribution in [2.45, 2.75) is 12.5 Å². The molecule has 0 unspecified atom stereocenters. The van der Waals surface area contributed by atoms with E-state index in [1.54, 1.807) is 16.2 Å². The lowest BCUT2D eigenvalue weighted by Crippen LogP contribution is -2.24. The minimum Gasteiger partial charge on any atom is -0.484 e. The van der Waals surface area contributed by atoms with E-state index in [0.717, 1.165) is 17.6 Å². The maximum atomic E-state index is 11.5. The zero-order valence-electron chi connectivity index (χ0n) is 13.3. The number of halogens is 1. The minimum absolute atomic E-state index is 0.0442. The number of ether oxygens (including phenoxy) is 1. The standard InChI is InChI=1S/C19H18INO2S/c1-21(19(20)22)12-11-17(18-10-5-13-24-18)23-16-9-4-7-14-6-2-3-8-15(14)16/h2-10,13,17H,11-12H2,1H3/t17-/m0/s1. The average Bonchev–Trinajstić information content (AvgIpc) is 3.12. The van der Waals surface area contributed by atoms with Gasteiger partial charge >= 0.3 is 0 Å². The van der Waals surface area contributed by atoms with Crippen molar-refractivity contribution < 1.29 is 9.53 Å². The molecule has 0 spiro atoms. The van der Waals surface area contributed by atoms with E-state index in [-0.39, 0.29) is 10.0 Å². The molecule has 24 heavy (non-hydrogen) atoms. The van der Waals surface area contributed by atoms with Gasteiger partial charge in [-0.2, -0.15) is 0 Å². The second-order valence-corrected chi connectivity index (χ2v) is 7.46. The maximum Gasteiger partial charge on any atom is 0.282 e. The highest BCUT2D eigenvalue weighted by Gasteiger charge is 2.17. The fraction of sp³-hybridized carbons (Fsp3) is 0.211. The molecule has 124 valence electrons. The van der Waals surface area contributed by atoms with Crippen LogP contribution in [0.15, 0.2) is 60.0 Å². The smallest absolute Gasteiger partial charge is 0.282 e. The Morgan fingerprint density at radius 1 is 1.17 bits per heavy atom. The average molecular weight is 451 g/mol. The first-order valence-corrected chi connectivity index (χ1v) is 9.69. The van der Waals surface area contributed by atoms with Crippen LogP contribution in [0.25, 0.3) is 10.8 Å². The Hall–Kier alpha value is -1.60. The Kier molecular flexibility index (Phi) is 5.73. The molecule has 0 fully saturated rings. The van der Waals surface area contributed by atoms with Gasteiger partial charge in [0.2, 0.25) is 0 Å². The summed E-state index contributed by atoms with van der Waals surface area (Å²) in [6.07, 6.45) is 0.698. The SMILES string of the molecule is CN(CC[C@H](Oc1cccc2ccccc12)c1cccs1)C(=O)I. The summed E-state index contributed by atoms with van der Waals surface area (Å²) in [4.78, 5) is 14.3. The molecule has 0 aliphatic carbocycles. The van der Waals surface area contributed by atoms with Crippen molar-refractivity contribution in [2.75, 3.05) is 13.6 Å². The fourth-order valence-electron chi connectivity index (χ4n) is 2.58. The summed E-state index contributed by atoms with van der Waals surface area (Å²) in [5, 5.41) is 4.33. The lowest BCUT2D eigenvalue weighted by molar-refractivity contribution is 0.183. The van der Waals surface area contributed by atoms with E-state index in [9.17, 15) is 4.79 Å². The molecule has 3 nitrogen and oxygen atoms in total. The number of nitrogens with zero attached hydrogens (tertiary/aromatic N) is 1. The fourth-order valence-corrected chi connectivity index (χ4v) is 3.61. The number of rotatable bonds is 6. The number of hydrogen-bond acceptors (Lipinski definition) is 3. The molecule has 1 amide bonds. The van der Waals surface area contributed by atoms with Crippen molar-refractivity contribution in [3.05, 3.63) is 64.9 Å². The number of carbonyl (C=O) groups excluding carboxylic acids is 1. The molecule has 3 aromatic rings. The molecule has 1 atom stereocenters. The third-order valence-corrected chi connectivity index (χ3v) is 5.69. The van der Waals surface area contributed by atoms with E-state index in [1.165, 1.54) is 10.3 Å². The van der Waals surface area contributed by atoms with E-state index >= 15 is 0 Å². The predicted octanol–water partition coefficient (Wildman–Crippen LogP) is 5.90. The molecule has 0 bridgehead atoms. The molecule has 0 N–H and O–H groups in total. The molecule has 3 rings (SSSR count). The molecular weight excluding hydrogens is 433 g/mol. The van der Waals surface area contributed by atoms with Crippen molar-refractivity contribution in [1.29, 1.82) is 0 Å². The van der Waals surface area contributed by atoms with Crippen molar-refractivity contribution in [2.24, 2.45) is 0 Å². The Bertz CT molecular complexity index is 814. The quantitative estimate of drug-likeness (QED) is 0.265. The van der Waals surface area contributed by atoms with E-state index in [1.807, 2.05) is 60.0 Å². The van der Waals surface area contributed by atoms with Gasteiger partial charge in [-0.1, -0.05) is 42.5 Å². The van der Waals surface area contributed by atoms with E-state index in [4.69, 9.17) is 4.74 Å². The van der Waals surface area contributed by atoms with Crippen LogP contribution < -0.4 is 4.74 Å². The van der Waals surface area contributed by atoms with Gasteiger partial charge in [-0.25, -0.2) is 0 Å². The van der Waals surface area contributed by atoms with Crippen molar-refractivity contribution >= 4 is 48.6 Å². The van der Waals surface area contributed by atoms with Gasteiger partial charge in [0.05, 0.1) is 0 Å². The van der Waals surface area contributed by atoms with Gasteiger partial charge in [0, 0.05) is 52.9 Å². The van der Waals surface area contributed by atoms with Gasteiger partial charge in [0.15, 0.2) is 0 Å². The van der Waals surface area contributed by atoms with Crippen LogP contribution in [0.2, 0.25) is 0 Å². The third kappa shape index (κ3) is 4.08. The molecule has 0 aliphatic rings. The van der Waals surface area contributed by atoms with Crippen LogP contribution in [0.3, 0.4) is 0 Å². The Labute approximate surface area is 159 Å². The topological polar surface area (TPSA) is 29.5 Å².